The summed E-state index contributed by atoms with van der Waals surface area (Å²) in [5, 5.41) is 2.23. The summed E-state index contributed by atoms with van der Waals surface area (Å²) < 4.78 is 5.14. The lowest BCUT2D eigenvalue weighted by molar-refractivity contribution is -0.124. The van der Waals surface area contributed by atoms with E-state index in [4.69, 9.17) is 4.42 Å². The number of imide groups is 1. The monoisotopic (exact) mass is 191 g/mol. The van der Waals surface area contributed by atoms with Crippen molar-refractivity contribution in [2.45, 2.75) is 13.3 Å². The highest BCUT2D eigenvalue weighted by Gasteiger charge is 2.26. The van der Waals surface area contributed by atoms with Gasteiger partial charge in [0.15, 0.2) is 0 Å². The molecule has 1 aliphatic heterocycles. The summed E-state index contributed by atoms with van der Waals surface area (Å²) >= 11 is 0. The van der Waals surface area contributed by atoms with Crippen molar-refractivity contribution in [3.63, 3.8) is 0 Å². The van der Waals surface area contributed by atoms with Crippen molar-refractivity contribution in [2.24, 2.45) is 0 Å². The second-order valence-electron chi connectivity index (χ2n) is 3.13. The van der Waals surface area contributed by atoms with Gasteiger partial charge < -0.3 is 4.42 Å². The maximum absolute atomic E-state index is 11.3. The van der Waals surface area contributed by atoms with Crippen molar-refractivity contribution in [1.82, 2.24) is 5.32 Å². The van der Waals surface area contributed by atoms with Crippen LogP contribution in [0, 0.1) is 0 Å². The fourth-order valence-corrected chi connectivity index (χ4v) is 1.43. The zero-order valence-corrected chi connectivity index (χ0v) is 7.66. The van der Waals surface area contributed by atoms with Crippen LogP contribution in [0.3, 0.4) is 0 Å². The van der Waals surface area contributed by atoms with Crippen molar-refractivity contribution in [2.75, 3.05) is 0 Å². The van der Waals surface area contributed by atoms with Gasteiger partial charge in [-0.1, -0.05) is 0 Å². The van der Waals surface area contributed by atoms with E-state index in [2.05, 4.69) is 5.32 Å². The van der Waals surface area contributed by atoms with E-state index in [9.17, 15) is 9.59 Å². The van der Waals surface area contributed by atoms with Crippen LogP contribution in [0.5, 0.6) is 0 Å². The van der Waals surface area contributed by atoms with E-state index in [0.717, 1.165) is 5.57 Å². The Morgan fingerprint density at radius 1 is 1.50 bits per heavy atom. The molecule has 2 heterocycles. The number of rotatable bonds is 1. The second-order valence-corrected chi connectivity index (χ2v) is 3.13. The van der Waals surface area contributed by atoms with E-state index < -0.39 is 0 Å². The molecule has 2 amide bonds. The molecule has 1 fully saturated rings. The number of allylic oxidation sites excluding steroid dienone is 1. The highest BCUT2D eigenvalue weighted by molar-refractivity contribution is 6.16. The fourth-order valence-electron chi connectivity index (χ4n) is 1.43. The highest BCUT2D eigenvalue weighted by Crippen LogP contribution is 2.23. The van der Waals surface area contributed by atoms with Crippen LogP contribution in [0.1, 0.15) is 19.1 Å². The molecule has 4 nitrogen and oxygen atoms in total. The number of furan rings is 1. The quantitative estimate of drug-likeness (QED) is 0.534. The van der Waals surface area contributed by atoms with Gasteiger partial charge in [-0.25, -0.2) is 0 Å². The lowest BCUT2D eigenvalue weighted by Gasteiger charge is -1.98. The molecular weight excluding hydrogens is 182 g/mol. The lowest BCUT2D eigenvalue weighted by Crippen LogP contribution is -2.19. The Balaban J connectivity index is 2.41. The number of hydrogen-bond donors (Lipinski definition) is 1. The molecule has 0 atom stereocenters. The van der Waals surface area contributed by atoms with Crippen LogP contribution in [-0.2, 0) is 9.59 Å². The number of amides is 2. The molecule has 1 N–H and O–H groups in total. The highest BCUT2D eigenvalue weighted by atomic mass is 16.3. The van der Waals surface area contributed by atoms with Crippen molar-refractivity contribution >= 4 is 17.4 Å². The minimum atomic E-state index is -0.316. The van der Waals surface area contributed by atoms with Gasteiger partial charge >= 0.3 is 0 Å². The van der Waals surface area contributed by atoms with Crippen LogP contribution in [0.15, 0.2) is 28.4 Å². The van der Waals surface area contributed by atoms with Crippen LogP contribution in [-0.4, -0.2) is 11.8 Å². The van der Waals surface area contributed by atoms with Crippen molar-refractivity contribution in [3.05, 3.63) is 29.7 Å². The first-order valence-corrected chi connectivity index (χ1v) is 4.26. The number of nitrogens with one attached hydrogen (secondary N) is 1. The standard InChI is InChI=1S/C10H9NO3/c1-6(8-3-2-4-14-8)7-5-9(12)11-10(7)13/h2-4H,5H2,1H3,(H,11,12,13). The first-order valence-electron chi connectivity index (χ1n) is 4.26. The van der Waals surface area contributed by atoms with Crippen LogP contribution < -0.4 is 5.32 Å². The Bertz CT molecular complexity index is 415. The minimum absolute atomic E-state index is 0.144. The fraction of sp³-hybridized carbons (Fsp3) is 0.200. The van der Waals surface area contributed by atoms with Gasteiger partial charge in [0.1, 0.15) is 5.76 Å². The van der Waals surface area contributed by atoms with Gasteiger partial charge in [-0.2, -0.15) is 0 Å². The Morgan fingerprint density at radius 3 is 2.79 bits per heavy atom. The maximum Gasteiger partial charge on any atom is 0.254 e. The third-order valence-corrected chi connectivity index (χ3v) is 2.21. The van der Waals surface area contributed by atoms with Gasteiger partial charge in [-0.15, -0.1) is 0 Å². The molecule has 1 aliphatic rings. The molecule has 1 aromatic rings. The van der Waals surface area contributed by atoms with Crippen LogP contribution in [0.25, 0.3) is 5.57 Å². The van der Waals surface area contributed by atoms with Crippen LogP contribution >= 0.6 is 0 Å². The SMILES string of the molecule is CC(=C1CC(=O)NC1=O)c1ccco1. The molecule has 4 heteroatoms. The van der Waals surface area contributed by atoms with E-state index in [1.165, 1.54) is 6.26 Å². The second kappa shape index (κ2) is 3.14. The molecule has 0 radical (unpaired) electrons. The first kappa shape index (κ1) is 8.74. The maximum atomic E-state index is 11.3. The smallest absolute Gasteiger partial charge is 0.254 e. The van der Waals surface area contributed by atoms with E-state index in [1.807, 2.05) is 0 Å². The number of hydrogen-bond acceptors (Lipinski definition) is 3. The van der Waals surface area contributed by atoms with Crippen LogP contribution in [0.4, 0.5) is 0 Å². The van der Waals surface area contributed by atoms with E-state index in [0.29, 0.717) is 11.3 Å². The number of carbonyl (C=O) groups is 2. The van der Waals surface area contributed by atoms with E-state index in [1.54, 1.807) is 19.1 Å². The molecule has 1 aromatic heterocycles. The van der Waals surface area contributed by atoms with Crippen molar-refractivity contribution < 1.29 is 14.0 Å². The molecule has 0 unspecified atom stereocenters. The lowest BCUT2D eigenvalue weighted by atomic mass is 10.1. The molecule has 0 spiro atoms. The predicted octanol–water partition coefficient (Wildman–Crippen LogP) is 1.10. The summed E-state index contributed by atoms with van der Waals surface area (Å²) in [5.41, 5.74) is 1.21. The predicted molar refractivity (Wildman–Crippen MR) is 49.1 cm³/mol. The molecule has 2 rings (SSSR count). The van der Waals surface area contributed by atoms with E-state index in [-0.39, 0.29) is 18.2 Å². The van der Waals surface area contributed by atoms with Crippen molar-refractivity contribution in [1.29, 1.82) is 0 Å². The minimum Gasteiger partial charge on any atom is -0.465 e. The summed E-state index contributed by atoms with van der Waals surface area (Å²) in [6.45, 7) is 1.77. The van der Waals surface area contributed by atoms with Gasteiger partial charge in [0, 0.05) is 11.1 Å². The third-order valence-electron chi connectivity index (χ3n) is 2.21. The van der Waals surface area contributed by atoms with Crippen LogP contribution in [0.2, 0.25) is 0 Å². The molecule has 0 aromatic carbocycles. The zero-order chi connectivity index (χ0) is 10.1. The molecular formula is C10H9NO3. The topological polar surface area (TPSA) is 59.3 Å². The largest absolute Gasteiger partial charge is 0.465 e. The molecule has 1 saturated heterocycles. The zero-order valence-electron chi connectivity index (χ0n) is 7.66. The summed E-state index contributed by atoms with van der Waals surface area (Å²) in [4.78, 5) is 22.2. The first-order chi connectivity index (χ1) is 6.68. The third kappa shape index (κ3) is 1.35. The Morgan fingerprint density at radius 2 is 2.29 bits per heavy atom. The van der Waals surface area contributed by atoms with E-state index >= 15 is 0 Å². The average Bonchev–Trinajstić information content (AvgIpc) is 2.73. The summed E-state index contributed by atoms with van der Waals surface area (Å²) in [6, 6.07) is 3.51. The summed E-state index contributed by atoms with van der Waals surface area (Å²) in [7, 11) is 0. The van der Waals surface area contributed by atoms with Gasteiger partial charge in [0.05, 0.1) is 12.7 Å². The van der Waals surface area contributed by atoms with Gasteiger partial charge in [-0.05, 0) is 19.1 Å². The van der Waals surface area contributed by atoms with Gasteiger partial charge in [0.25, 0.3) is 5.91 Å². The number of carbonyl (C=O) groups excluding carboxylic acids is 2. The van der Waals surface area contributed by atoms with Crippen molar-refractivity contribution in [3.8, 4) is 0 Å². The molecule has 72 valence electrons. The van der Waals surface area contributed by atoms with Gasteiger partial charge in [0.2, 0.25) is 5.91 Å². The molecule has 0 bridgehead atoms. The Hall–Kier alpha value is -1.84. The Labute approximate surface area is 80.6 Å². The normalized spacial score (nSPS) is 19.8. The molecule has 0 aliphatic carbocycles. The molecule has 14 heavy (non-hydrogen) atoms. The molecule has 0 saturated carbocycles. The van der Waals surface area contributed by atoms with Gasteiger partial charge in [-0.3, -0.25) is 14.9 Å². The summed E-state index contributed by atoms with van der Waals surface area (Å²) in [6.07, 6.45) is 1.68. The Kier molecular flexibility index (Phi) is 1.96. The average molecular weight is 191 g/mol. The summed E-state index contributed by atoms with van der Waals surface area (Å²) in [5.74, 6) is 0.0599.